The van der Waals surface area contributed by atoms with Crippen LogP contribution in [0.1, 0.15) is 27.2 Å². The normalized spacial score (nSPS) is 10.2. The van der Waals surface area contributed by atoms with Gasteiger partial charge in [0.2, 0.25) is 0 Å². The van der Waals surface area contributed by atoms with Crippen molar-refractivity contribution in [3.05, 3.63) is 52.4 Å². The zero-order valence-corrected chi connectivity index (χ0v) is 14.9. The van der Waals surface area contributed by atoms with Gasteiger partial charge in [-0.15, -0.1) is 11.3 Å². The number of carbonyl (C=O) groups excluding carboxylic acids is 1. The lowest BCUT2D eigenvalue weighted by molar-refractivity contribution is 0.0602. The van der Waals surface area contributed by atoms with Gasteiger partial charge in [0.25, 0.3) is 0 Å². The van der Waals surface area contributed by atoms with Crippen molar-refractivity contribution in [1.29, 1.82) is 0 Å². The van der Waals surface area contributed by atoms with Gasteiger partial charge in [-0.1, -0.05) is 30.3 Å². The standard InChI is InChI=1S/C17H20N2O2S2/c1-12-11-14(16(20)21-2)15(23-12)19-17(22)18-10-6-9-13-7-4-3-5-8-13/h3-5,7-8,11H,6,9-10H2,1-2H3,(H2,18,19,22). The molecule has 1 aromatic carbocycles. The van der Waals surface area contributed by atoms with E-state index in [9.17, 15) is 4.79 Å². The van der Waals surface area contributed by atoms with Crippen LogP contribution in [0.15, 0.2) is 36.4 Å². The molecule has 0 spiro atoms. The van der Waals surface area contributed by atoms with E-state index in [1.54, 1.807) is 6.07 Å². The predicted octanol–water partition coefficient (Wildman–Crippen LogP) is 3.76. The molecule has 0 unspecified atom stereocenters. The van der Waals surface area contributed by atoms with Crippen molar-refractivity contribution in [1.82, 2.24) is 5.32 Å². The van der Waals surface area contributed by atoms with E-state index in [0.29, 0.717) is 10.7 Å². The van der Waals surface area contributed by atoms with Gasteiger partial charge < -0.3 is 15.4 Å². The number of methoxy groups -OCH3 is 1. The lowest BCUT2D eigenvalue weighted by atomic mass is 10.1. The first kappa shape index (κ1) is 17.4. The zero-order valence-electron chi connectivity index (χ0n) is 13.2. The summed E-state index contributed by atoms with van der Waals surface area (Å²) in [6.07, 6.45) is 1.99. The number of carbonyl (C=O) groups is 1. The molecule has 0 radical (unpaired) electrons. The molecule has 0 aliphatic carbocycles. The minimum absolute atomic E-state index is 0.358. The Labute approximate surface area is 145 Å². The third kappa shape index (κ3) is 5.33. The molecule has 1 aromatic heterocycles. The van der Waals surface area contributed by atoms with Crippen molar-refractivity contribution in [2.24, 2.45) is 0 Å². The number of benzene rings is 1. The number of esters is 1. The molecular formula is C17H20N2O2S2. The number of anilines is 1. The van der Waals surface area contributed by atoms with E-state index in [4.69, 9.17) is 17.0 Å². The van der Waals surface area contributed by atoms with Crippen LogP contribution in [0, 0.1) is 6.92 Å². The fourth-order valence-electron chi connectivity index (χ4n) is 2.16. The molecule has 0 bridgehead atoms. The van der Waals surface area contributed by atoms with Crippen molar-refractivity contribution in [3.63, 3.8) is 0 Å². The van der Waals surface area contributed by atoms with Gasteiger partial charge in [-0.3, -0.25) is 0 Å². The molecule has 2 N–H and O–H groups in total. The summed E-state index contributed by atoms with van der Waals surface area (Å²) in [5, 5.41) is 7.49. The highest BCUT2D eigenvalue weighted by atomic mass is 32.1. The van der Waals surface area contributed by atoms with Gasteiger partial charge in [-0.25, -0.2) is 4.79 Å². The first-order valence-electron chi connectivity index (χ1n) is 7.37. The number of hydrogen-bond donors (Lipinski definition) is 2. The van der Waals surface area contributed by atoms with Gasteiger partial charge in [-0.2, -0.15) is 0 Å². The van der Waals surface area contributed by atoms with Crippen LogP contribution in [0.3, 0.4) is 0 Å². The van der Waals surface area contributed by atoms with Gasteiger partial charge in [-0.05, 0) is 43.6 Å². The molecule has 0 fully saturated rings. The average molecular weight is 348 g/mol. The van der Waals surface area contributed by atoms with Gasteiger partial charge in [0.1, 0.15) is 5.00 Å². The molecule has 0 aliphatic heterocycles. The smallest absolute Gasteiger partial charge is 0.340 e. The van der Waals surface area contributed by atoms with Crippen LogP contribution in [0.5, 0.6) is 0 Å². The van der Waals surface area contributed by atoms with Gasteiger partial charge in [0.15, 0.2) is 5.11 Å². The Morgan fingerprint density at radius 2 is 2.04 bits per heavy atom. The van der Waals surface area contributed by atoms with Crippen molar-refractivity contribution < 1.29 is 9.53 Å². The lowest BCUT2D eigenvalue weighted by Crippen LogP contribution is -2.29. The summed E-state index contributed by atoms with van der Waals surface area (Å²) >= 11 is 6.77. The molecule has 122 valence electrons. The maximum Gasteiger partial charge on any atom is 0.340 e. The summed E-state index contributed by atoms with van der Waals surface area (Å²) in [7, 11) is 1.37. The first-order chi connectivity index (χ1) is 11.1. The van der Waals surface area contributed by atoms with Crippen LogP contribution in [0.2, 0.25) is 0 Å². The predicted molar refractivity (Wildman–Crippen MR) is 99.4 cm³/mol. The Bertz CT molecular complexity index is 668. The average Bonchev–Trinajstić information content (AvgIpc) is 2.92. The fourth-order valence-corrected chi connectivity index (χ4v) is 3.33. The van der Waals surface area contributed by atoms with Crippen LogP contribution in [-0.2, 0) is 11.2 Å². The first-order valence-corrected chi connectivity index (χ1v) is 8.60. The SMILES string of the molecule is COC(=O)c1cc(C)sc1NC(=S)NCCCc1ccccc1. The summed E-state index contributed by atoms with van der Waals surface area (Å²) in [5.74, 6) is -0.358. The van der Waals surface area contributed by atoms with E-state index in [0.717, 1.165) is 29.3 Å². The van der Waals surface area contributed by atoms with E-state index in [1.807, 2.05) is 25.1 Å². The minimum Gasteiger partial charge on any atom is -0.465 e. The number of nitrogens with one attached hydrogen (secondary N) is 2. The van der Waals surface area contributed by atoms with Crippen molar-refractivity contribution in [2.45, 2.75) is 19.8 Å². The van der Waals surface area contributed by atoms with E-state index < -0.39 is 0 Å². The largest absolute Gasteiger partial charge is 0.465 e. The summed E-state index contributed by atoms with van der Waals surface area (Å²) in [5.41, 5.74) is 1.83. The Kier molecular flexibility index (Phi) is 6.55. The molecule has 0 aliphatic rings. The molecule has 2 aromatic rings. The minimum atomic E-state index is -0.358. The van der Waals surface area contributed by atoms with Crippen molar-refractivity contribution in [3.8, 4) is 0 Å². The highest BCUT2D eigenvalue weighted by Crippen LogP contribution is 2.28. The van der Waals surface area contributed by atoms with E-state index in [2.05, 4.69) is 22.8 Å². The number of hydrogen-bond acceptors (Lipinski definition) is 4. The van der Waals surface area contributed by atoms with Crippen LogP contribution in [0.25, 0.3) is 0 Å². The van der Waals surface area contributed by atoms with Crippen LogP contribution in [-0.4, -0.2) is 24.7 Å². The van der Waals surface area contributed by atoms with Gasteiger partial charge >= 0.3 is 5.97 Å². The van der Waals surface area contributed by atoms with Crippen molar-refractivity contribution in [2.75, 3.05) is 19.0 Å². The lowest BCUT2D eigenvalue weighted by Gasteiger charge is -2.10. The Hall–Kier alpha value is -1.92. The van der Waals surface area contributed by atoms with Crippen LogP contribution in [0.4, 0.5) is 5.00 Å². The molecule has 4 nitrogen and oxygen atoms in total. The quantitative estimate of drug-likeness (QED) is 0.473. The summed E-state index contributed by atoms with van der Waals surface area (Å²) in [4.78, 5) is 12.8. The van der Waals surface area contributed by atoms with Gasteiger partial charge in [0.05, 0.1) is 12.7 Å². The number of thiocarbonyl (C=S) groups is 1. The fraction of sp³-hybridized carbons (Fsp3) is 0.294. The van der Waals surface area contributed by atoms with E-state index >= 15 is 0 Å². The Balaban J connectivity index is 1.80. The topological polar surface area (TPSA) is 50.4 Å². The van der Waals surface area contributed by atoms with Crippen molar-refractivity contribution >= 4 is 39.6 Å². The summed E-state index contributed by atoms with van der Waals surface area (Å²) < 4.78 is 4.78. The molecule has 6 heteroatoms. The molecular weight excluding hydrogens is 328 g/mol. The number of rotatable bonds is 6. The monoisotopic (exact) mass is 348 g/mol. The third-order valence-corrected chi connectivity index (χ3v) is 4.47. The highest BCUT2D eigenvalue weighted by Gasteiger charge is 2.16. The molecule has 0 saturated carbocycles. The van der Waals surface area contributed by atoms with E-state index in [1.165, 1.54) is 24.0 Å². The maximum absolute atomic E-state index is 11.7. The second kappa shape index (κ2) is 8.64. The molecule has 0 atom stereocenters. The second-order valence-electron chi connectivity index (χ2n) is 5.06. The third-order valence-electron chi connectivity index (χ3n) is 3.26. The Morgan fingerprint density at radius 1 is 1.30 bits per heavy atom. The van der Waals surface area contributed by atoms with Gasteiger partial charge in [0, 0.05) is 11.4 Å². The summed E-state index contributed by atoms with van der Waals surface area (Å²) in [6.45, 7) is 2.72. The number of thiophene rings is 1. The maximum atomic E-state index is 11.7. The molecule has 2 rings (SSSR count). The highest BCUT2D eigenvalue weighted by molar-refractivity contribution is 7.80. The molecule has 23 heavy (non-hydrogen) atoms. The molecule has 0 amide bonds. The number of aryl methyl sites for hydroxylation is 2. The van der Waals surface area contributed by atoms with E-state index in [-0.39, 0.29) is 5.97 Å². The van der Waals surface area contributed by atoms with Crippen LogP contribution >= 0.6 is 23.6 Å². The second-order valence-corrected chi connectivity index (χ2v) is 6.73. The summed E-state index contributed by atoms with van der Waals surface area (Å²) in [6, 6.07) is 12.1. The molecule has 0 saturated heterocycles. The zero-order chi connectivity index (χ0) is 16.7. The molecule has 1 heterocycles. The Morgan fingerprint density at radius 3 is 2.74 bits per heavy atom. The number of ether oxygens (including phenoxy) is 1. The van der Waals surface area contributed by atoms with Crippen LogP contribution < -0.4 is 10.6 Å².